The molecule has 2 spiro atoms. The number of rotatable bonds is 8. The molecular formula is C30H38N6O4S. The van der Waals surface area contributed by atoms with Crippen LogP contribution in [0.25, 0.3) is 5.82 Å². The van der Waals surface area contributed by atoms with Gasteiger partial charge in [-0.3, -0.25) is 4.79 Å². The second-order valence-corrected chi connectivity index (χ2v) is 15.1. The van der Waals surface area contributed by atoms with E-state index >= 15 is 0 Å². The Kier molecular flexibility index (Phi) is 5.56. The van der Waals surface area contributed by atoms with Crippen LogP contribution in [-0.2, 0) is 17.1 Å². The van der Waals surface area contributed by atoms with Gasteiger partial charge in [0.25, 0.3) is 15.9 Å². The number of carbonyl (C=O) groups is 1. The average Bonchev–Trinajstić information content (AvgIpc) is 3.83. The van der Waals surface area contributed by atoms with Crippen molar-refractivity contribution in [3.63, 3.8) is 0 Å². The summed E-state index contributed by atoms with van der Waals surface area (Å²) in [4.78, 5) is 20.6. The highest BCUT2D eigenvalue weighted by atomic mass is 32.2. The quantitative estimate of drug-likeness (QED) is 0.426. The maximum Gasteiger partial charge on any atom is 0.268 e. The standard InChI is InChI=1S/C30H38N6O4S/c1-19-14-28(3,4)35(15-19)26-21(27(37)33-41(38,39)22-17-34(5)16-20(22)2)6-7-24(31-26)36-13-8-25(32-36)40-18-23-29(9-10-29)30(23)11-12-30/h6-8,13,16-17,19,23H,9-12,14-15,18H2,1-5H3,(H,33,37)/t19-/m0/s1. The number of sulfonamides is 1. The van der Waals surface area contributed by atoms with Crippen LogP contribution in [0, 0.1) is 29.6 Å². The third kappa shape index (κ3) is 4.18. The predicted octanol–water partition coefficient (Wildman–Crippen LogP) is 4.23. The molecule has 1 amide bonds. The Hall–Kier alpha value is -3.34. The molecule has 0 radical (unpaired) electrons. The first-order chi connectivity index (χ1) is 19.4. The van der Waals surface area contributed by atoms with E-state index in [1.807, 2.05) is 12.3 Å². The van der Waals surface area contributed by atoms with Crippen molar-refractivity contribution in [3.05, 3.63) is 47.9 Å². The van der Waals surface area contributed by atoms with Gasteiger partial charge in [-0.05, 0) is 87.3 Å². The van der Waals surface area contributed by atoms with E-state index in [0.29, 0.717) is 58.9 Å². The molecule has 3 saturated carbocycles. The zero-order valence-corrected chi connectivity index (χ0v) is 25.2. The number of aromatic nitrogens is 4. The number of pyridine rings is 1. The van der Waals surface area contributed by atoms with Crippen LogP contribution in [0.1, 0.15) is 68.8 Å². The number of amides is 1. The molecule has 0 aromatic carbocycles. The Morgan fingerprint density at radius 3 is 2.41 bits per heavy atom. The maximum absolute atomic E-state index is 13.5. The number of fused-ring (bicyclic) bond motifs is 1. The topological polar surface area (TPSA) is 111 Å². The highest BCUT2D eigenvalue weighted by molar-refractivity contribution is 7.90. The smallest absolute Gasteiger partial charge is 0.268 e. The molecule has 0 bridgehead atoms. The second-order valence-electron chi connectivity index (χ2n) is 13.5. The van der Waals surface area contributed by atoms with Crippen molar-refractivity contribution >= 4 is 21.7 Å². The van der Waals surface area contributed by atoms with E-state index in [-0.39, 0.29) is 16.0 Å². The minimum absolute atomic E-state index is 0.0742. The molecule has 1 atom stereocenters. The van der Waals surface area contributed by atoms with Crippen LogP contribution in [0.2, 0.25) is 0 Å². The molecule has 0 unspecified atom stereocenters. The summed E-state index contributed by atoms with van der Waals surface area (Å²) in [6.45, 7) is 9.52. The first-order valence-corrected chi connectivity index (χ1v) is 16.0. The molecule has 11 heteroatoms. The summed E-state index contributed by atoms with van der Waals surface area (Å²) >= 11 is 0. The fourth-order valence-corrected chi connectivity index (χ4v) is 9.16. The summed E-state index contributed by atoms with van der Waals surface area (Å²) in [5, 5.41) is 4.64. The molecule has 218 valence electrons. The minimum Gasteiger partial charge on any atom is -0.476 e. The number of nitrogens with one attached hydrogen (secondary N) is 1. The number of hydrogen-bond acceptors (Lipinski definition) is 7. The Morgan fingerprint density at radius 2 is 1.83 bits per heavy atom. The average molecular weight is 579 g/mol. The van der Waals surface area contributed by atoms with Crippen molar-refractivity contribution in [2.45, 2.75) is 70.2 Å². The van der Waals surface area contributed by atoms with Crippen molar-refractivity contribution in [1.82, 2.24) is 24.1 Å². The van der Waals surface area contributed by atoms with Gasteiger partial charge in [-0.25, -0.2) is 22.8 Å². The van der Waals surface area contributed by atoms with Gasteiger partial charge in [0.1, 0.15) is 10.7 Å². The van der Waals surface area contributed by atoms with E-state index in [1.165, 1.54) is 31.9 Å². The largest absolute Gasteiger partial charge is 0.476 e. The van der Waals surface area contributed by atoms with Gasteiger partial charge in [-0.2, -0.15) is 0 Å². The number of nitrogens with zero attached hydrogens (tertiary/aromatic N) is 5. The van der Waals surface area contributed by atoms with E-state index < -0.39 is 15.9 Å². The summed E-state index contributed by atoms with van der Waals surface area (Å²) in [6.07, 6.45) is 11.3. The lowest BCUT2D eigenvalue weighted by Crippen LogP contribution is -2.41. The lowest BCUT2D eigenvalue weighted by Gasteiger charge is -2.34. The number of anilines is 1. The van der Waals surface area contributed by atoms with Gasteiger partial charge in [-0.15, -0.1) is 5.10 Å². The first kappa shape index (κ1) is 26.6. The zero-order valence-electron chi connectivity index (χ0n) is 24.3. The monoisotopic (exact) mass is 578 g/mol. The fourth-order valence-electron chi connectivity index (χ4n) is 7.92. The summed E-state index contributed by atoms with van der Waals surface area (Å²) in [7, 11) is -2.33. The second kappa shape index (κ2) is 8.59. The Balaban J connectivity index is 1.16. The molecule has 3 aromatic heterocycles. The normalized spacial score (nSPS) is 23.2. The van der Waals surface area contributed by atoms with Crippen molar-refractivity contribution < 1.29 is 17.9 Å². The van der Waals surface area contributed by atoms with Gasteiger partial charge in [0, 0.05) is 49.7 Å². The van der Waals surface area contributed by atoms with Crippen LogP contribution in [0.15, 0.2) is 41.7 Å². The molecular weight excluding hydrogens is 540 g/mol. The predicted molar refractivity (Wildman–Crippen MR) is 154 cm³/mol. The minimum atomic E-state index is -4.07. The van der Waals surface area contributed by atoms with Gasteiger partial charge in [0.15, 0.2) is 5.82 Å². The highest BCUT2D eigenvalue weighted by Gasteiger charge is 2.86. The Morgan fingerprint density at radius 1 is 1.12 bits per heavy atom. The lowest BCUT2D eigenvalue weighted by molar-refractivity contribution is 0.0981. The third-order valence-corrected chi connectivity index (χ3v) is 11.5. The van der Waals surface area contributed by atoms with Gasteiger partial charge in [0.2, 0.25) is 5.88 Å². The van der Waals surface area contributed by atoms with Crippen LogP contribution >= 0.6 is 0 Å². The van der Waals surface area contributed by atoms with Crippen LogP contribution in [0.5, 0.6) is 5.88 Å². The number of aryl methyl sites for hydroxylation is 2. The number of hydrogen-bond donors (Lipinski definition) is 1. The summed E-state index contributed by atoms with van der Waals surface area (Å²) in [5.74, 6) is 1.88. The lowest BCUT2D eigenvalue weighted by atomic mass is 9.97. The van der Waals surface area contributed by atoms with Crippen molar-refractivity contribution in [2.75, 3.05) is 18.1 Å². The molecule has 7 rings (SSSR count). The first-order valence-electron chi connectivity index (χ1n) is 14.5. The van der Waals surface area contributed by atoms with Crippen molar-refractivity contribution in [1.29, 1.82) is 0 Å². The molecule has 4 fully saturated rings. The molecule has 1 N–H and O–H groups in total. The zero-order chi connectivity index (χ0) is 28.9. The molecule has 3 aromatic rings. The molecule has 41 heavy (non-hydrogen) atoms. The van der Waals surface area contributed by atoms with Gasteiger partial charge >= 0.3 is 0 Å². The van der Waals surface area contributed by atoms with E-state index in [4.69, 9.17) is 9.72 Å². The molecule has 4 aliphatic rings. The summed E-state index contributed by atoms with van der Waals surface area (Å²) in [5.41, 5.74) is 1.66. The summed E-state index contributed by atoms with van der Waals surface area (Å²) in [6, 6.07) is 5.18. The molecule has 10 nitrogen and oxygen atoms in total. The highest BCUT2D eigenvalue weighted by Crippen LogP contribution is 2.92. The number of ether oxygens (including phenoxy) is 1. The van der Waals surface area contributed by atoms with Crippen molar-refractivity contribution in [2.24, 2.45) is 29.7 Å². The van der Waals surface area contributed by atoms with E-state index in [0.717, 1.165) is 6.42 Å². The molecule has 1 aliphatic heterocycles. The third-order valence-electron chi connectivity index (χ3n) is 10.1. The van der Waals surface area contributed by atoms with Gasteiger partial charge < -0.3 is 14.2 Å². The van der Waals surface area contributed by atoms with Gasteiger partial charge in [0.05, 0.1) is 12.2 Å². The SMILES string of the molecule is Cc1cn(C)cc1S(=O)(=O)NC(=O)c1ccc(-n2ccc(OCC3C4(CC4)C34CC4)n2)nc1N1C[C@@H](C)CC1(C)C. The number of carbonyl (C=O) groups excluding carboxylic acids is 1. The van der Waals surface area contributed by atoms with E-state index in [9.17, 15) is 13.2 Å². The fraction of sp³-hybridized carbons (Fsp3) is 0.567. The molecule has 3 aliphatic carbocycles. The van der Waals surface area contributed by atoms with Crippen LogP contribution < -0.4 is 14.4 Å². The van der Waals surface area contributed by atoms with Crippen LogP contribution in [0.3, 0.4) is 0 Å². The maximum atomic E-state index is 13.5. The molecule has 1 saturated heterocycles. The van der Waals surface area contributed by atoms with Gasteiger partial charge in [-0.1, -0.05) is 6.92 Å². The van der Waals surface area contributed by atoms with E-state index in [1.54, 1.807) is 41.5 Å². The van der Waals surface area contributed by atoms with Crippen molar-refractivity contribution in [3.8, 4) is 11.7 Å². The Labute approximate surface area is 241 Å². The van der Waals surface area contributed by atoms with Crippen LogP contribution in [-0.4, -0.2) is 52.3 Å². The van der Waals surface area contributed by atoms with E-state index in [2.05, 4.69) is 35.5 Å². The summed E-state index contributed by atoms with van der Waals surface area (Å²) < 4.78 is 38.0. The molecule has 4 heterocycles. The van der Waals surface area contributed by atoms with Crippen LogP contribution in [0.4, 0.5) is 5.82 Å². The Bertz CT molecular complexity index is 1650.